The number of aryl methyl sites for hydroxylation is 1. The molecule has 0 fully saturated rings. The van der Waals surface area contributed by atoms with Crippen molar-refractivity contribution in [3.05, 3.63) is 56.8 Å². The number of carbonyl (C=O) groups excluding carboxylic acids is 2. The van der Waals surface area contributed by atoms with Crippen LogP contribution in [-0.2, 0) is 22.4 Å². The first kappa shape index (κ1) is 24.3. The number of hydrogen-bond acceptors (Lipinski definition) is 7. The lowest BCUT2D eigenvalue weighted by Gasteiger charge is -2.12. The highest BCUT2D eigenvalue weighted by Gasteiger charge is 2.31. The molecule has 180 valence electrons. The SMILES string of the molecule is CCOC(=O)c1c(NC(=O)C(C)Sc2c(=O)o[nH][n+]2-c2ccccc2)sc2c1CCCCCC2. The van der Waals surface area contributed by atoms with E-state index in [0.29, 0.717) is 16.3 Å². The van der Waals surface area contributed by atoms with Crippen LogP contribution in [0.1, 0.15) is 60.3 Å². The molecule has 2 heterocycles. The zero-order valence-corrected chi connectivity index (χ0v) is 20.9. The molecule has 1 aliphatic rings. The van der Waals surface area contributed by atoms with Gasteiger partial charge in [0.1, 0.15) is 5.00 Å². The van der Waals surface area contributed by atoms with Gasteiger partial charge in [0.15, 0.2) is 0 Å². The van der Waals surface area contributed by atoms with Crippen LogP contribution in [0.5, 0.6) is 0 Å². The number of anilines is 1. The van der Waals surface area contributed by atoms with Crippen molar-refractivity contribution in [1.82, 2.24) is 5.27 Å². The first-order valence-electron chi connectivity index (χ1n) is 11.5. The molecule has 1 unspecified atom stereocenters. The maximum Gasteiger partial charge on any atom is 0.442 e. The van der Waals surface area contributed by atoms with Crippen molar-refractivity contribution < 1.29 is 23.5 Å². The second-order valence-corrected chi connectivity index (χ2v) is 10.5. The highest BCUT2D eigenvalue weighted by atomic mass is 32.2. The first-order valence-corrected chi connectivity index (χ1v) is 13.2. The number of aromatic nitrogens is 2. The topological polar surface area (TPSA) is 105 Å². The second-order valence-electron chi connectivity index (χ2n) is 8.05. The van der Waals surface area contributed by atoms with Crippen molar-refractivity contribution in [3.63, 3.8) is 0 Å². The van der Waals surface area contributed by atoms with Gasteiger partial charge in [-0.05, 0) is 66.8 Å². The van der Waals surface area contributed by atoms with Crippen molar-refractivity contribution in [3.8, 4) is 5.69 Å². The van der Waals surface area contributed by atoms with E-state index in [1.165, 1.54) is 22.4 Å². The highest BCUT2D eigenvalue weighted by Crippen LogP contribution is 2.38. The van der Waals surface area contributed by atoms with Crippen LogP contribution in [0.25, 0.3) is 5.69 Å². The number of hydrogen-bond donors (Lipinski definition) is 2. The molecule has 4 rings (SSSR count). The van der Waals surface area contributed by atoms with Gasteiger partial charge in [0.05, 0.1) is 17.4 Å². The summed E-state index contributed by atoms with van der Waals surface area (Å²) in [4.78, 5) is 39.4. The number of thiophene rings is 1. The third-order valence-electron chi connectivity index (χ3n) is 5.67. The van der Waals surface area contributed by atoms with Crippen molar-refractivity contribution in [2.75, 3.05) is 11.9 Å². The first-order chi connectivity index (χ1) is 16.5. The third-order valence-corrected chi connectivity index (χ3v) is 8.01. The van der Waals surface area contributed by atoms with E-state index in [1.54, 1.807) is 13.8 Å². The monoisotopic (exact) mass is 502 g/mol. The summed E-state index contributed by atoms with van der Waals surface area (Å²) >= 11 is 2.56. The van der Waals surface area contributed by atoms with Crippen LogP contribution in [0.15, 0.2) is 44.7 Å². The van der Waals surface area contributed by atoms with Gasteiger partial charge in [0.25, 0.3) is 0 Å². The van der Waals surface area contributed by atoms with Gasteiger partial charge in [-0.1, -0.05) is 31.0 Å². The fraction of sp³-hybridized carbons (Fsp3) is 0.417. The van der Waals surface area contributed by atoms with E-state index in [-0.39, 0.29) is 17.5 Å². The number of ether oxygens (including phenoxy) is 1. The molecule has 8 nitrogen and oxygen atoms in total. The van der Waals surface area contributed by atoms with Crippen LogP contribution < -0.4 is 15.6 Å². The molecule has 2 aromatic heterocycles. The van der Waals surface area contributed by atoms with Crippen LogP contribution in [0, 0.1) is 0 Å². The minimum atomic E-state index is -0.617. The van der Waals surface area contributed by atoms with Crippen LogP contribution in [-0.4, -0.2) is 29.0 Å². The molecule has 1 aromatic carbocycles. The van der Waals surface area contributed by atoms with Crippen molar-refractivity contribution in [2.24, 2.45) is 0 Å². The number of nitrogens with one attached hydrogen (secondary N) is 2. The molecule has 3 aromatic rings. The minimum absolute atomic E-state index is 0.262. The number of para-hydroxylation sites is 1. The molecule has 1 atom stereocenters. The Hall–Kier alpha value is -2.85. The summed E-state index contributed by atoms with van der Waals surface area (Å²) in [6.07, 6.45) is 6.09. The quantitative estimate of drug-likeness (QED) is 0.284. The average molecular weight is 503 g/mol. The summed E-state index contributed by atoms with van der Waals surface area (Å²) in [5.74, 6) is -0.700. The highest BCUT2D eigenvalue weighted by molar-refractivity contribution is 8.00. The minimum Gasteiger partial charge on any atom is -0.462 e. The lowest BCUT2D eigenvalue weighted by molar-refractivity contribution is -0.704. The molecule has 0 saturated heterocycles. The number of rotatable bonds is 7. The van der Waals surface area contributed by atoms with Crippen LogP contribution in [0.2, 0.25) is 0 Å². The summed E-state index contributed by atoms with van der Waals surface area (Å²) in [7, 11) is 0. The molecule has 0 aliphatic heterocycles. The predicted molar refractivity (Wildman–Crippen MR) is 131 cm³/mol. The molecule has 1 aliphatic carbocycles. The van der Waals surface area contributed by atoms with Crippen molar-refractivity contribution >= 4 is 40.0 Å². The molecular weight excluding hydrogens is 474 g/mol. The van der Waals surface area contributed by atoms with E-state index >= 15 is 0 Å². The van der Waals surface area contributed by atoms with E-state index in [4.69, 9.17) is 9.26 Å². The zero-order valence-electron chi connectivity index (χ0n) is 19.2. The summed E-state index contributed by atoms with van der Waals surface area (Å²) in [5, 5.41) is 5.70. The molecule has 0 bridgehead atoms. The maximum absolute atomic E-state index is 13.1. The fourth-order valence-corrected chi connectivity index (χ4v) is 6.14. The standard InChI is InChI=1S/C24H27N3O5S2/c1-3-31-23(29)19-17-13-9-4-5-10-14-18(17)34-21(19)25-20(28)15(2)33-22-24(30)32-26-27(22)16-11-7-6-8-12-16/h6-8,11-12,15H,3-5,9-10,13-14H2,1-2H3,(H-,25,26,28,29,30)/p+1. The Labute approximate surface area is 205 Å². The van der Waals surface area contributed by atoms with Gasteiger partial charge in [0.2, 0.25) is 11.6 Å². The Bertz CT molecular complexity index is 1220. The lowest BCUT2D eigenvalue weighted by atomic mass is 9.96. The Morgan fingerprint density at radius 3 is 2.68 bits per heavy atom. The van der Waals surface area contributed by atoms with Gasteiger partial charge in [-0.15, -0.1) is 11.3 Å². The van der Waals surface area contributed by atoms with E-state index in [0.717, 1.165) is 54.3 Å². The molecule has 0 radical (unpaired) electrons. The van der Waals surface area contributed by atoms with Crippen LogP contribution in [0.4, 0.5) is 5.00 Å². The zero-order chi connectivity index (χ0) is 24.1. The lowest BCUT2D eigenvalue weighted by Crippen LogP contribution is -2.37. The Kier molecular flexibility index (Phi) is 7.89. The number of nitrogens with zero attached hydrogens (tertiary/aromatic N) is 1. The summed E-state index contributed by atoms with van der Waals surface area (Å²) < 4.78 is 11.8. The van der Waals surface area contributed by atoms with Gasteiger partial charge in [-0.2, -0.15) is 0 Å². The Balaban J connectivity index is 1.57. The smallest absolute Gasteiger partial charge is 0.442 e. The van der Waals surface area contributed by atoms with E-state index in [2.05, 4.69) is 10.6 Å². The molecule has 10 heteroatoms. The van der Waals surface area contributed by atoms with Gasteiger partial charge < -0.3 is 10.1 Å². The number of carbonyl (C=O) groups is 2. The van der Waals surface area contributed by atoms with Crippen LogP contribution >= 0.6 is 23.1 Å². The molecule has 34 heavy (non-hydrogen) atoms. The number of aromatic amines is 1. The van der Waals surface area contributed by atoms with Gasteiger partial charge in [-0.25, -0.2) is 9.59 Å². The van der Waals surface area contributed by atoms with E-state index in [1.807, 2.05) is 30.3 Å². The summed E-state index contributed by atoms with van der Waals surface area (Å²) in [5.41, 5.74) is 1.65. The van der Waals surface area contributed by atoms with Crippen molar-refractivity contribution in [1.29, 1.82) is 0 Å². The van der Waals surface area contributed by atoms with E-state index < -0.39 is 16.8 Å². The normalized spacial score (nSPS) is 14.5. The number of benzene rings is 1. The number of esters is 1. The number of fused-ring (bicyclic) bond motifs is 1. The number of amides is 1. The van der Waals surface area contributed by atoms with Gasteiger partial charge in [0, 0.05) is 17.0 Å². The molecule has 2 N–H and O–H groups in total. The molecule has 1 amide bonds. The third kappa shape index (κ3) is 5.28. The second kappa shape index (κ2) is 11.1. The summed E-state index contributed by atoms with van der Waals surface area (Å²) in [6, 6.07) is 9.22. The average Bonchev–Trinajstić information content (AvgIpc) is 3.34. The molecule has 0 spiro atoms. The predicted octanol–water partition coefficient (Wildman–Crippen LogP) is 4.26. The van der Waals surface area contributed by atoms with E-state index in [9.17, 15) is 14.4 Å². The summed E-state index contributed by atoms with van der Waals surface area (Å²) in [6.45, 7) is 3.76. The Morgan fingerprint density at radius 2 is 1.94 bits per heavy atom. The largest absolute Gasteiger partial charge is 0.462 e. The fourth-order valence-electron chi connectivity index (χ4n) is 3.97. The van der Waals surface area contributed by atoms with Crippen molar-refractivity contribution in [2.45, 2.75) is 62.6 Å². The molecule has 0 saturated carbocycles. The van der Waals surface area contributed by atoms with Gasteiger partial charge >= 0.3 is 16.6 Å². The molecular formula is C24H28N3O5S2+. The van der Waals surface area contributed by atoms with Crippen LogP contribution in [0.3, 0.4) is 0 Å². The van der Waals surface area contributed by atoms with Gasteiger partial charge in [-0.3, -0.25) is 9.32 Å². The number of thioether (sulfide) groups is 1. The Morgan fingerprint density at radius 1 is 1.21 bits per heavy atom. The maximum atomic E-state index is 13.1. The number of H-pyrrole nitrogens is 1.